The molecular formula is C20H31N3O3S. The average Bonchev–Trinajstić information content (AvgIpc) is 3.07. The first-order valence-corrected chi connectivity index (χ1v) is 11.7. The molecule has 0 radical (unpaired) electrons. The van der Waals surface area contributed by atoms with Crippen molar-refractivity contribution in [1.82, 2.24) is 9.62 Å². The monoisotopic (exact) mass is 393 g/mol. The predicted molar refractivity (Wildman–Crippen MR) is 108 cm³/mol. The molecule has 0 spiro atoms. The second kappa shape index (κ2) is 9.06. The van der Waals surface area contributed by atoms with Crippen LogP contribution in [0.3, 0.4) is 0 Å². The maximum Gasteiger partial charge on any atom is 0.253 e. The molecule has 1 N–H and O–H groups in total. The fourth-order valence-corrected chi connectivity index (χ4v) is 5.24. The molecular weight excluding hydrogens is 362 g/mol. The molecule has 150 valence electrons. The molecule has 1 amide bonds. The van der Waals surface area contributed by atoms with Gasteiger partial charge in [-0.2, -0.15) is 0 Å². The van der Waals surface area contributed by atoms with Crippen LogP contribution in [-0.2, 0) is 10.0 Å². The minimum atomic E-state index is -3.65. The topological polar surface area (TPSA) is 69.7 Å². The van der Waals surface area contributed by atoms with Gasteiger partial charge < -0.3 is 9.80 Å². The number of carbonyl (C=O) groups is 1. The van der Waals surface area contributed by atoms with Crippen molar-refractivity contribution in [2.75, 3.05) is 37.6 Å². The summed E-state index contributed by atoms with van der Waals surface area (Å²) >= 11 is 0. The van der Waals surface area contributed by atoms with E-state index in [4.69, 9.17) is 0 Å². The SMILES string of the molecule is CCCNS(=O)(=O)c1cc(C(=O)N2CCCCCC2)ccc1N1CCCC1. The second-order valence-electron chi connectivity index (χ2n) is 7.48. The van der Waals surface area contributed by atoms with Gasteiger partial charge in [0.15, 0.2) is 0 Å². The fourth-order valence-electron chi connectivity index (χ4n) is 3.85. The molecule has 2 aliphatic heterocycles. The van der Waals surface area contributed by atoms with Crippen LogP contribution in [0.1, 0.15) is 62.2 Å². The standard InChI is InChI=1S/C20H31N3O3S/c1-2-11-21-27(25,26)19-16-17(9-10-18(19)22-12-7-8-13-22)20(24)23-14-5-3-4-6-15-23/h9-10,16,21H,2-8,11-15H2,1H3. The van der Waals surface area contributed by atoms with Crippen LogP contribution in [0.25, 0.3) is 0 Å². The Labute approximate surface area is 163 Å². The summed E-state index contributed by atoms with van der Waals surface area (Å²) in [6, 6.07) is 5.19. The van der Waals surface area contributed by atoms with Gasteiger partial charge in [0.25, 0.3) is 5.91 Å². The van der Waals surface area contributed by atoms with Gasteiger partial charge in [-0.15, -0.1) is 0 Å². The highest BCUT2D eigenvalue weighted by Crippen LogP contribution is 2.30. The summed E-state index contributed by atoms with van der Waals surface area (Å²) in [4.78, 5) is 17.2. The predicted octanol–water partition coefficient (Wildman–Crippen LogP) is 2.99. The van der Waals surface area contributed by atoms with E-state index in [-0.39, 0.29) is 10.8 Å². The van der Waals surface area contributed by atoms with Gasteiger partial charge in [-0.1, -0.05) is 19.8 Å². The number of nitrogens with zero attached hydrogens (tertiary/aromatic N) is 2. The molecule has 0 saturated carbocycles. The number of amides is 1. The third-order valence-corrected chi connectivity index (χ3v) is 6.87. The third kappa shape index (κ3) is 4.82. The summed E-state index contributed by atoms with van der Waals surface area (Å²) in [5.74, 6) is -0.0585. The van der Waals surface area contributed by atoms with E-state index in [9.17, 15) is 13.2 Å². The normalized spacial score (nSPS) is 18.6. The van der Waals surface area contributed by atoms with Crippen molar-refractivity contribution in [1.29, 1.82) is 0 Å². The zero-order chi connectivity index (χ0) is 19.3. The summed E-state index contributed by atoms with van der Waals surface area (Å²) < 4.78 is 28.5. The molecule has 27 heavy (non-hydrogen) atoms. The summed E-state index contributed by atoms with van der Waals surface area (Å²) in [7, 11) is -3.65. The minimum Gasteiger partial charge on any atom is -0.370 e. The van der Waals surface area contributed by atoms with Crippen molar-refractivity contribution in [3.63, 3.8) is 0 Å². The molecule has 0 bridgehead atoms. The zero-order valence-electron chi connectivity index (χ0n) is 16.2. The lowest BCUT2D eigenvalue weighted by atomic mass is 10.1. The van der Waals surface area contributed by atoms with Gasteiger partial charge >= 0.3 is 0 Å². The molecule has 0 atom stereocenters. The lowest BCUT2D eigenvalue weighted by Crippen LogP contribution is -2.33. The first-order chi connectivity index (χ1) is 13.0. The van der Waals surface area contributed by atoms with Crippen molar-refractivity contribution in [2.45, 2.75) is 56.8 Å². The Morgan fingerprint density at radius 3 is 2.26 bits per heavy atom. The number of carbonyl (C=O) groups excluding carboxylic acids is 1. The molecule has 0 aromatic heterocycles. The van der Waals surface area contributed by atoms with Gasteiger partial charge in [-0.05, 0) is 50.3 Å². The summed E-state index contributed by atoms with van der Waals surface area (Å²) in [6.45, 7) is 5.55. The Kier molecular flexibility index (Phi) is 6.76. The van der Waals surface area contributed by atoms with Gasteiger partial charge in [0.05, 0.1) is 5.69 Å². The Bertz CT molecular complexity index is 750. The minimum absolute atomic E-state index is 0.0585. The van der Waals surface area contributed by atoms with Crippen LogP contribution in [0, 0.1) is 0 Å². The number of likely N-dealkylation sites (tertiary alicyclic amines) is 1. The summed E-state index contributed by atoms with van der Waals surface area (Å²) in [6.07, 6.45) is 7.19. The van der Waals surface area contributed by atoms with E-state index in [1.807, 2.05) is 17.9 Å². The third-order valence-electron chi connectivity index (χ3n) is 5.38. The van der Waals surface area contributed by atoms with E-state index in [2.05, 4.69) is 9.62 Å². The van der Waals surface area contributed by atoms with E-state index < -0.39 is 10.0 Å². The Hall–Kier alpha value is -1.60. The zero-order valence-corrected chi connectivity index (χ0v) is 17.1. The number of sulfonamides is 1. The average molecular weight is 394 g/mol. The molecule has 2 saturated heterocycles. The summed E-state index contributed by atoms with van der Waals surface area (Å²) in [5.41, 5.74) is 1.18. The highest BCUT2D eigenvalue weighted by atomic mass is 32.2. The van der Waals surface area contributed by atoms with Crippen LogP contribution in [0.4, 0.5) is 5.69 Å². The summed E-state index contributed by atoms with van der Waals surface area (Å²) in [5, 5.41) is 0. The quantitative estimate of drug-likeness (QED) is 0.807. The van der Waals surface area contributed by atoms with E-state index in [1.54, 1.807) is 12.1 Å². The maximum atomic E-state index is 13.0. The smallest absolute Gasteiger partial charge is 0.253 e. The van der Waals surface area contributed by atoms with Crippen LogP contribution in [0.15, 0.2) is 23.1 Å². The van der Waals surface area contributed by atoms with Crippen LogP contribution in [0.5, 0.6) is 0 Å². The van der Waals surface area contributed by atoms with Crippen molar-refractivity contribution in [2.24, 2.45) is 0 Å². The molecule has 2 heterocycles. The van der Waals surface area contributed by atoms with Gasteiger partial charge in [0, 0.05) is 38.3 Å². The lowest BCUT2D eigenvalue weighted by Gasteiger charge is -2.24. The van der Waals surface area contributed by atoms with Crippen molar-refractivity contribution in [3.05, 3.63) is 23.8 Å². The van der Waals surface area contributed by atoms with Crippen molar-refractivity contribution in [3.8, 4) is 0 Å². The number of hydrogen-bond acceptors (Lipinski definition) is 4. The van der Waals surface area contributed by atoms with E-state index >= 15 is 0 Å². The second-order valence-corrected chi connectivity index (χ2v) is 9.22. The van der Waals surface area contributed by atoms with Gasteiger partial charge in [-0.25, -0.2) is 13.1 Å². The first-order valence-electron chi connectivity index (χ1n) is 10.2. The highest BCUT2D eigenvalue weighted by Gasteiger charge is 2.26. The Morgan fingerprint density at radius 1 is 1.00 bits per heavy atom. The molecule has 1 aromatic rings. The maximum absolute atomic E-state index is 13.0. The molecule has 3 rings (SSSR count). The molecule has 6 nitrogen and oxygen atoms in total. The van der Waals surface area contributed by atoms with Gasteiger partial charge in [-0.3, -0.25) is 4.79 Å². The molecule has 7 heteroatoms. The Morgan fingerprint density at radius 2 is 1.63 bits per heavy atom. The Balaban J connectivity index is 1.94. The number of hydrogen-bond donors (Lipinski definition) is 1. The molecule has 0 unspecified atom stereocenters. The van der Waals surface area contributed by atoms with Crippen LogP contribution >= 0.6 is 0 Å². The molecule has 1 aromatic carbocycles. The first kappa shape index (κ1) is 20.1. The lowest BCUT2D eigenvalue weighted by molar-refractivity contribution is 0.0761. The van der Waals surface area contributed by atoms with Crippen molar-refractivity contribution < 1.29 is 13.2 Å². The largest absolute Gasteiger partial charge is 0.370 e. The van der Waals surface area contributed by atoms with Crippen molar-refractivity contribution >= 4 is 21.6 Å². The molecule has 2 fully saturated rings. The van der Waals surface area contributed by atoms with E-state index in [0.29, 0.717) is 17.8 Å². The number of rotatable bonds is 6. The van der Waals surface area contributed by atoms with Gasteiger partial charge in [0.2, 0.25) is 10.0 Å². The van der Waals surface area contributed by atoms with Gasteiger partial charge in [0.1, 0.15) is 4.90 Å². The fraction of sp³-hybridized carbons (Fsp3) is 0.650. The van der Waals surface area contributed by atoms with Crippen LogP contribution in [-0.4, -0.2) is 51.9 Å². The number of benzene rings is 1. The molecule has 2 aliphatic rings. The molecule has 0 aliphatic carbocycles. The highest BCUT2D eigenvalue weighted by molar-refractivity contribution is 7.89. The number of nitrogens with one attached hydrogen (secondary N) is 1. The number of anilines is 1. The van der Waals surface area contributed by atoms with Crippen LogP contribution in [0.2, 0.25) is 0 Å². The van der Waals surface area contributed by atoms with Crippen LogP contribution < -0.4 is 9.62 Å². The van der Waals surface area contributed by atoms with E-state index in [1.165, 1.54) is 0 Å². The van der Waals surface area contributed by atoms with E-state index in [0.717, 1.165) is 71.1 Å².